The molecule has 0 aliphatic heterocycles. The van der Waals surface area contributed by atoms with E-state index in [1.54, 1.807) is 45.0 Å². The fraction of sp³-hybridized carbons (Fsp3) is 0.368. The lowest BCUT2D eigenvalue weighted by Gasteiger charge is -2.22. The minimum atomic E-state index is -0.911. The minimum Gasteiger partial charge on any atom is -0.467 e. The molecule has 0 radical (unpaired) electrons. The van der Waals surface area contributed by atoms with E-state index in [2.05, 4.69) is 10.3 Å². The molecule has 0 bridgehead atoms. The van der Waals surface area contributed by atoms with Crippen molar-refractivity contribution in [3.8, 4) is 5.69 Å². The van der Waals surface area contributed by atoms with E-state index in [0.717, 1.165) is 5.56 Å². The average molecular weight is 388 g/mol. The second-order valence-corrected chi connectivity index (χ2v) is 7.10. The zero-order valence-corrected chi connectivity index (χ0v) is 16.3. The number of nitrogens with two attached hydrogens (primary N) is 1. The molecule has 150 valence electrons. The Hall–Kier alpha value is -3.36. The van der Waals surface area contributed by atoms with Gasteiger partial charge in [0.2, 0.25) is 0 Å². The number of hydrogen-bond acceptors (Lipinski definition) is 7. The van der Waals surface area contributed by atoms with Crippen LogP contribution in [0.3, 0.4) is 0 Å². The first-order valence-electron chi connectivity index (χ1n) is 8.61. The molecule has 0 aliphatic rings. The molecule has 1 heterocycles. The summed E-state index contributed by atoms with van der Waals surface area (Å²) in [6, 6.07) is 7.50. The Balaban J connectivity index is 2.15. The van der Waals surface area contributed by atoms with Crippen molar-refractivity contribution in [1.29, 1.82) is 0 Å². The summed E-state index contributed by atoms with van der Waals surface area (Å²) in [4.78, 5) is 39.6. The molecule has 3 N–H and O–H groups in total. The van der Waals surface area contributed by atoms with Gasteiger partial charge in [0.25, 0.3) is 0 Å². The summed E-state index contributed by atoms with van der Waals surface area (Å²) in [6.07, 6.45) is 1.02. The molecule has 1 aromatic heterocycles. The van der Waals surface area contributed by atoms with Crippen molar-refractivity contribution in [3.63, 3.8) is 0 Å². The van der Waals surface area contributed by atoms with Gasteiger partial charge in [0.15, 0.2) is 0 Å². The van der Waals surface area contributed by atoms with Gasteiger partial charge in [0.1, 0.15) is 17.5 Å². The number of alkyl carbamates (subject to hydrolysis) is 1. The molecule has 0 unspecified atom stereocenters. The first kappa shape index (κ1) is 20.9. The molecule has 0 spiro atoms. The molecule has 1 aromatic carbocycles. The SMILES string of the molecule is COC(=O)[C@@H](Cc1ccc(-n2ccc(N)nc2=O)cc1)NC(=O)OC(C)(C)C. The van der Waals surface area contributed by atoms with Crippen molar-refractivity contribution < 1.29 is 19.1 Å². The molecule has 0 saturated carbocycles. The zero-order valence-electron chi connectivity index (χ0n) is 16.3. The van der Waals surface area contributed by atoms with Gasteiger partial charge in [-0.15, -0.1) is 0 Å². The molecule has 0 fully saturated rings. The van der Waals surface area contributed by atoms with Crippen molar-refractivity contribution in [3.05, 3.63) is 52.6 Å². The number of anilines is 1. The number of amides is 1. The van der Waals surface area contributed by atoms with Crippen molar-refractivity contribution in [2.24, 2.45) is 0 Å². The van der Waals surface area contributed by atoms with Gasteiger partial charge in [0.05, 0.1) is 12.8 Å². The maximum absolute atomic E-state index is 12.0. The predicted octanol–water partition coefficient (Wildman–Crippen LogP) is 1.42. The smallest absolute Gasteiger partial charge is 0.408 e. The largest absolute Gasteiger partial charge is 0.467 e. The summed E-state index contributed by atoms with van der Waals surface area (Å²) < 4.78 is 11.3. The third kappa shape index (κ3) is 5.83. The van der Waals surface area contributed by atoms with Crippen LogP contribution >= 0.6 is 0 Å². The van der Waals surface area contributed by atoms with E-state index >= 15 is 0 Å². The Labute approximate surface area is 162 Å². The van der Waals surface area contributed by atoms with Crippen LogP contribution in [0.5, 0.6) is 0 Å². The van der Waals surface area contributed by atoms with Crippen LogP contribution in [0.25, 0.3) is 5.69 Å². The second-order valence-electron chi connectivity index (χ2n) is 7.10. The standard InChI is InChI=1S/C19H24N4O5/c1-19(2,3)28-18(26)21-14(16(24)27-4)11-12-5-7-13(8-6-12)23-10-9-15(20)22-17(23)25/h5-10,14H,11H2,1-4H3,(H,21,26)(H2,20,22,25)/t14-/m1/s1. The zero-order chi connectivity index (χ0) is 20.9. The second kappa shape index (κ2) is 8.55. The molecule has 9 heteroatoms. The van der Waals surface area contributed by atoms with E-state index in [1.807, 2.05) is 0 Å². The van der Waals surface area contributed by atoms with E-state index in [-0.39, 0.29) is 12.2 Å². The van der Waals surface area contributed by atoms with Gasteiger partial charge in [-0.05, 0) is 44.5 Å². The van der Waals surface area contributed by atoms with Gasteiger partial charge in [-0.3, -0.25) is 4.57 Å². The number of benzene rings is 1. The van der Waals surface area contributed by atoms with E-state index in [9.17, 15) is 14.4 Å². The molecule has 0 aliphatic carbocycles. The maximum atomic E-state index is 12.0. The molecule has 1 atom stereocenters. The van der Waals surface area contributed by atoms with E-state index < -0.39 is 29.4 Å². The van der Waals surface area contributed by atoms with Crippen LogP contribution in [0.2, 0.25) is 0 Å². The number of esters is 1. The van der Waals surface area contributed by atoms with Gasteiger partial charge in [-0.25, -0.2) is 14.4 Å². The summed E-state index contributed by atoms with van der Waals surface area (Å²) in [5.74, 6) is -0.444. The molecule has 2 rings (SSSR count). The Morgan fingerprint density at radius 3 is 2.39 bits per heavy atom. The average Bonchev–Trinajstić information content (AvgIpc) is 2.60. The fourth-order valence-electron chi connectivity index (χ4n) is 2.43. The highest BCUT2D eigenvalue weighted by Crippen LogP contribution is 2.12. The number of carbonyl (C=O) groups excluding carboxylic acids is 2. The van der Waals surface area contributed by atoms with Gasteiger partial charge in [-0.1, -0.05) is 12.1 Å². The fourth-order valence-corrected chi connectivity index (χ4v) is 2.43. The monoisotopic (exact) mass is 388 g/mol. The lowest BCUT2D eigenvalue weighted by molar-refractivity contribution is -0.143. The predicted molar refractivity (Wildman–Crippen MR) is 103 cm³/mol. The van der Waals surface area contributed by atoms with Crippen LogP contribution in [-0.2, 0) is 20.7 Å². The molecule has 9 nitrogen and oxygen atoms in total. The highest BCUT2D eigenvalue weighted by Gasteiger charge is 2.25. The number of methoxy groups -OCH3 is 1. The van der Waals surface area contributed by atoms with Crippen molar-refractivity contribution in [2.75, 3.05) is 12.8 Å². The summed E-state index contributed by atoms with van der Waals surface area (Å²) >= 11 is 0. The summed E-state index contributed by atoms with van der Waals surface area (Å²) in [7, 11) is 1.25. The summed E-state index contributed by atoms with van der Waals surface area (Å²) in [5.41, 5.74) is 5.66. The van der Waals surface area contributed by atoms with Gasteiger partial charge in [0, 0.05) is 12.6 Å². The van der Waals surface area contributed by atoms with Gasteiger partial charge < -0.3 is 20.5 Å². The number of ether oxygens (including phenoxy) is 2. The van der Waals surface area contributed by atoms with Crippen LogP contribution in [0, 0.1) is 0 Å². The Morgan fingerprint density at radius 1 is 1.21 bits per heavy atom. The Kier molecular flexibility index (Phi) is 6.40. The van der Waals surface area contributed by atoms with Crippen LogP contribution in [0.15, 0.2) is 41.3 Å². The van der Waals surface area contributed by atoms with Gasteiger partial charge in [-0.2, -0.15) is 4.98 Å². The van der Waals surface area contributed by atoms with E-state index in [0.29, 0.717) is 5.69 Å². The molecular formula is C19H24N4O5. The highest BCUT2D eigenvalue weighted by atomic mass is 16.6. The number of carbonyl (C=O) groups is 2. The highest BCUT2D eigenvalue weighted by molar-refractivity contribution is 5.81. The lowest BCUT2D eigenvalue weighted by Crippen LogP contribution is -2.45. The topological polar surface area (TPSA) is 126 Å². The Morgan fingerprint density at radius 2 is 1.86 bits per heavy atom. The van der Waals surface area contributed by atoms with Crippen LogP contribution in [0.4, 0.5) is 10.6 Å². The van der Waals surface area contributed by atoms with Crippen LogP contribution < -0.4 is 16.7 Å². The van der Waals surface area contributed by atoms with E-state index in [1.165, 1.54) is 23.9 Å². The number of aromatic nitrogens is 2. The molecule has 1 amide bonds. The molecule has 0 saturated heterocycles. The minimum absolute atomic E-state index is 0.145. The number of nitrogens with zero attached hydrogens (tertiary/aromatic N) is 2. The maximum Gasteiger partial charge on any atom is 0.408 e. The van der Waals surface area contributed by atoms with Crippen LogP contribution in [-0.4, -0.2) is 40.4 Å². The molecular weight excluding hydrogens is 364 g/mol. The normalized spacial score (nSPS) is 12.1. The van der Waals surface area contributed by atoms with Crippen molar-refractivity contribution in [2.45, 2.75) is 38.8 Å². The molecule has 28 heavy (non-hydrogen) atoms. The first-order valence-corrected chi connectivity index (χ1v) is 8.61. The number of rotatable bonds is 5. The lowest BCUT2D eigenvalue weighted by atomic mass is 10.1. The Bertz CT molecular complexity index is 900. The van der Waals surface area contributed by atoms with Gasteiger partial charge >= 0.3 is 17.8 Å². The number of nitrogens with one attached hydrogen (secondary N) is 1. The summed E-state index contributed by atoms with van der Waals surface area (Å²) in [6.45, 7) is 5.19. The van der Waals surface area contributed by atoms with Crippen molar-refractivity contribution >= 4 is 17.9 Å². The van der Waals surface area contributed by atoms with Crippen LogP contribution in [0.1, 0.15) is 26.3 Å². The number of nitrogen functional groups attached to an aromatic ring is 1. The molecule has 2 aromatic rings. The first-order chi connectivity index (χ1) is 13.1. The third-order valence-corrected chi connectivity index (χ3v) is 3.66. The van der Waals surface area contributed by atoms with E-state index in [4.69, 9.17) is 15.2 Å². The number of hydrogen-bond donors (Lipinski definition) is 2. The summed E-state index contributed by atoms with van der Waals surface area (Å²) in [5, 5.41) is 2.52. The van der Waals surface area contributed by atoms with Crippen molar-refractivity contribution in [1.82, 2.24) is 14.9 Å². The quantitative estimate of drug-likeness (QED) is 0.742. The third-order valence-electron chi connectivity index (χ3n) is 3.66.